The SMILES string of the molecule is CCCOC1CCCN(c2cc(CCl)cc(CC)n2)C1. The number of nitrogens with zero attached hydrogens (tertiary/aromatic N) is 2. The molecular formula is C16H25ClN2O. The van der Waals surface area contributed by atoms with E-state index in [2.05, 4.69) is 30.9 Å². The molecule has 1 aromatic heterocycles. The van der Waals surface area contributed by atoms with Crippen LogP contribution in [0.1, 0.15) is 44.4 Å². The zero-order chi connectivity index (χ0) is 14.4. The summed E-state index contributed by atoms with van der Waals surface area (Å²) in [6.45, 7) is 7.15. The van der Waals surface area contributed by atoms with Gasteiger partial charge in [-0.3, -0.25) is 0 Å². The highest BCUT2D eigenvalue weighted by atomic mass is 35.5. The van der Waals surface area contributed by atoms with Crippen LogP contribution in [0.5, 0.6) is 0 Å². The number of halogens is 1. The quantitative estimate of drug-likeness (QED) is 0.747. The molecule has 3 nitrogen and oxygen atoms in total. The van der Waals surface area contributed by atoms with E-state index >= 15 is 0 Å². The second-order valence-corrected chi connectivity index (χ2v) is 5.66. The number of hydrogen-bond donors (Lipinski definition) is 0. The number of rotatable bonds is 6. The Labute approximate surface area is 127 Å². The Morgan fingerprint density at radius 3 is 2.95 bits per heavy atom. The molecule has 0 saturated carbocycles. The third kappa shape index (κ3) is 4.10. The molecular weight excluding hydrogens is 272 g/mol. The second-order valence-electron chi connectivity index (χ2n) is 5.39. The van der Waals surface area contributed by atoms with Crippen molar-refractivity contribution < 1.29 is 4.74 Å². The van der Waals surface area contributed by atoms with E-state index < -0.39 is 0 Å². The predicted octanol–water partition coefficient (Wildman–Crippen LogP) is 3.78. The number of alkyl halides is 1. The maximum Gasteiger partial charge on any atom is 0.129 e. The lowest BCUT2D eigenvalue weighted by Crippen LogP contribution is -2.40. The number of piperidine rings is 1. The van der Waals surface area contributed by atoms with Gasteiger partial charge in [0.25, 0.3) is 0 Å². The predicted molar refractivity (Wildman–Crippen MR) is 84.7 cm³/mol. The number of pyridine rings is 1. The maximum absolute atomic E-state index is 5.99. The highest BCUT2D eigenvalue weighted by molar-refractivity contribution is 6.17. The number of hydrogen-bond acceptors (Lipinski definition) is 3. The van der Waals surface area contributed by atoms with Crippen molar-refractivity contribution >= 4 is 17.4 Å². The smallest absolute Gasteiger partial charge is 0.129 e. The molecule has 112 valence electrons. The lowest BCUT2D eigenvalue weighted by atomic mass is 10.1. The molecule has 2 heterocycles. The van der Waals surface area contributed by atoms with Gasteiger partial charge in [0.1, 0.15) is 5.82 Å². The van der Waals surface area contributed by atoms with Gasteiger partial charge in [-0.1, -0.05) is 13.8 Å². The molecule has 20 heavy (non-hydrogen) atoms. The Kier molecular flexibility index (Phi) is 6.11. The average molecular weight is 297 g/mol. The van der Waals surface area contributed by atoms with Gasteiger partial charge in [0.2, 0.25) is 0 Å². The van der Waals surface area contributed by atoms with Gasteiger partial charge in [-0.25, -0.2) is 4.98 Å². The first-order valence-electron chi connectivity index (χ1n) is 7.69. The van der Waals surface area contributed by atoms with E-state index in [-0.39, 0.29) is 0 Å². The molecule has 0 aliphatic carbocycles. The first-order valence-corrected chi connectivity index (χ1v) is 8.22. The third-order valence-electron chi connectivity index (χ3n) is 3.70. The molecule has 1 fully saturated rings. The molecule has 2 rings (SSSR count). The first-order chi connectivity index (χ1) is 9.76. The summed E-state index contributed by atoms with van der Waals surface area (Å²) in [5.41, 5.74) is 2.28. The zero-order valence-electron chi connectivity index (χ0n) is 12.6. The minimum atomic E-state index is 0.343. The average Bonchev–Trinajstić information content (AvgIpc) is 2.52. The third-order valence-corrected chi connectivity index (χ3v) is 4.01. The van der Waals surface area contributed by atoms with E-state index in [1.165, 1.54) is 6.42 Å². The van der Waals surface area contributed by atoms with E-state index in [1.54, 1.807) is 0 Å². The van der Waals surface area contributed by atoms with Crippen molar-refractivity contribution in [2.24, 2.45) is 0 Å². The van der Waals surface area contributed by atoms with Gasteiger partial charge in [0.05, 0.1) is 6.10 Å². The van der Waals surface area contributed by atoms with Crippen LogP contribution >= 0.6 is 11.6 Å². The Hall–Kier alpha value is -0.800. The van der Waals surface area contributed by atoms with Crippen molar-refractivity contribution in [2.75, 3.05) is 24.6 Å². The van der Waals surface area contributed by atoms with Gasteiger partial charge >= 0.3 is 0 Å². The van der Waals surface area contributed by atoms with E-state index in [0.29, 0.717) is 12.0 Å². The Bertz CT molecular complexity index is 403. The molecule has 1 saturated heterocycles. The van der Waals surface area contributed by atoms with Gasteiger partial charge in [-0.05, 0) is 43.4 Å². The molecule has 0 N–H and O–H groups in total. The highest BCUT2D eigenvalue weighted by Gasteiger charge is 2.21. The molecule has 0 spiro atoms. The van der Waals surface area contributed by atoms with E-state index in [4.69, 9.17) is 21.3 Å². The molecule has 1 unspecified atom stereocenters. The van der Waals surface area contributed by atoms with Crippen LogP contribution in [0.2, 0.25) is 0 Å². The van der Waals surface area contributed by atoms with Crippen molar-refractivity contribution in [1.29, 1.82) is 0 Å². The lowest BCUT2D eigenvalue weighted by molar-refractivity contribution is 0.0439. The van der Waals surface area contributed by atoms with Crippen molar-refractivity contribution in [3.63, 3.8) is 0 Å². The van der Waals surface area contributed by atoms with Crippen LogP contribution in [0.15, 0.2) is 12.1 Å². The van der Waals surface area contributed by atoms with Crippen molar-refractivity contribution in [2.45, 2.75) is 51.5 Å². The van der Waals surface area contributed by atoms with Crippen molar-refractivity contribution in [3.05, 3.63) is 23.4 Å². The molecule has 4 heteroatoms. The van der Waals surface area contributed by atoms with Crippen LogP contribution in [-0.4, -0.2) is 30.8 Å². The molecule has 1 atom stereocenters. The Morgan fingerprint density at radius 2 is 2.25 bits per heavy atom. The van der Waals surface area contributed by atoms with E-state index in [0.717, 1.165) is 56.0 Å². The van der Waals surface area contributed by atoms with Crippen LogP contribution in [0.4, 0.5) is 5.82 Å². The summed E-state index contributed by atoms with van der Waals surface area (Å²) >= 11 is 5.99. The minimum absolute atomic E-state index is 0.343. The van der Waals surface area contributed by atoms with Crippen molar-refractivity contribution in [1.82, 2.24) is 4.98 Å². The second kappa shape index (κ2) is 7.84. The van der Waals surface area contributed by atoms with Crippen LogP contribution in [0.25, 0.3) is 0 Å². The summed E-state index contributed by atoms with van der Waals surface area (Å²) in [7, 11) is 0. The van der Waals surface area contributed by atoms with Gasteiger partial charge in [0, 0.05) is 31.3 Å². The molecule has 0 radical (unpaired) electrons. The number of anilines is 1. The Balaban J connectivity index is 2.09. The van der Waals surface area contributed by atoms with Crippen LogP contribution in [0, 0.1) is 0 Å². The van der Waals surface area contributed by atoms with Crippen molar-refractivity contribution in [3.8, 4) is 0 Å². The highest BCUT2D eigenvalue weighted by Crippen LogP contribution is 2.22. The van der Waals surface area contributed by atoms with Crippen LogP contribution in [-0.2, 0) is 17.0 Å². The number of ether oxygens (including phenoxy) is 1. The van der Waals surface area contributed by atoms with E-state index in [1.807, 2.05) is 0 Å². The van der Waals surface area contributed by atoms with Crippen LogP contribution < -0.4 is 4.90 Å². The van der Waals surface area contributed by atoms with Gasteiger partial charge in [0.15, 0.2) is 0 Å². The number of aromatic nitrogens is 1. The molecule has 1 aliphatic rings. The molecule has 1 aromatic rings. The lowest BCUT2D eigenvalue weighted by Gasteiger charge is -2.33. The Morgan fingerprint density at radius 1 is 1.40 bits per heavy atom. The first kappa shape index (κ1) is 15.6. The van der Waals surface area contributed by atoms with Crippen LogP contribution in [0.3, 0.4) is 0 Å². The number of aryl methyl sites for hydroxylation is 1. The molecule has 0 amide bonds. The fourth-order valence-corrected chi connectivity index (χ4v) is 2.77. The van der Waals surface area contributed by atoms with Gasteiger partial charge in [-0.15, -0.1) is 11.6 Å². The molecule has 0 aromatic carbocycles. The summed E-state index contributed by atoms with van der Waals surface area (Å²) < 4.78 is 5.90. The summed E-state index contributed by atoms with van der Waals surface area (Å²) in [6, 6.07) is 4.22. The van der Waals surface area contributed by atoms with Gasteiger partial charge < -0.3 is 9.64 Å². The minimum Gasteiger partial charge on any atom is -0.376 e. The normalized spacial score (nSPS) is 19.4. The summed E-state index contributed by atoms with van der Waals surface area (Å²) in [5.74, 6) is 1.61. The summed E-state index contributed by atoms with van der Waals surface area (Å²) in [5, 5.41) is 0. The zero-order valence-corrected chi connectivity index (χ0v) is 13.3. The molecule has 1 aliphatic heterocycles. The summed E-state index contributed by atoms with van der Waals surface area (Å²) in [4.78, 5) is 7.10. The van der Waals surface area contributed by atoms with Gasteiger partial charge in [-0.2, -0.15) is 0 Å². The molecule has 0 bridgehead atoms. The standard InChI is InChI=1S/C16H25ClN2O/c1-3-8-20-15-6-5-7-19(12-15)16-10-13(11-17)9-14(4-2)18-16/h9-10,15H,3-8,11-12H2,1-2H3. The summed E-state index contributed by atoms with van der Waals surface area (Å²) in [6.07, 6.45) is 4.70. The fraction of sp³-hybridized carbons (Fsp3) is 0.688. The maximum atomic E-state index is 5.99. The monoisotopic (exact) mass is 296 g/mol. The van der Waals surface area contributed by atoms with E-state index in [9.17, 15) is 0 Å². The fourth-order valence-electron chi connectivity index (χ4n) is 2.62. The largest absolute Gasteiger partial charge is 0.376 e. The topological polar surface area (TPSA) is 25.4 Å².